The fraction of sp³-hybridized carbons (Fsp3) is 0.438. The summed E-state index contributed by atoms with van der Waals surface area (Å²) in [6.45, 7) is 4.89. The molecule has 3 nitrogen and oxygen atoms in total. The lowest BCUT2D eigenvalue weighted by Gasteiger charge is -2.29. The number of nitrogens with zero attached hydrogens (tertiary/aromatic N) is 1. The lowest BCUT2D eigenvalue weighted by Crippen LogP contribution is -2.29. The first-order valence-corrected chi connectivity index (χ1v) is 7.92. The summed E-state index contributed by atoms with van der Waals surface area (Å²) in [5, 5.41) is 10.9. The van der Waals surface area contributed by atoms with Crippen molar-refractivity contribution in [3.63, 3.8) is 0 Å². The number of alkyl halides is 1. The van der Waals surface area contributed by atoms with Crippen LogP contribution in [0.25, 0.3) is 11.0 Å². The number of halogens is 1. The Labute approximate surface area is 127 Å². The smallest absolute Gasteiger partial charge is 0.246 e. The highest BCUT2D eigenvalue weighted by molar-refractivity contribution is 9.09. The number of ether oxygens (including phenoxy) is 1. The minimum Gasteiger partial charge on any atom is -0.488 e. The molecule has 0 saturated carbocycles. The molecule has 4 heteroatoms. The second-order valence-corrected chi connectivity index (χ2v) is 5.56. The van der Waals surface area contributed by atoms with E-state index in [1.54, 1.807) is 0 Å². The van der Waals surface area contributed by atoms with Crippen LogP contribution in [-0.2, 0) is 0 Å². The van der Waals surface area contributed by atoms with Crippen LogP contribution >= 0.6 is 15.9 Å². The molecule has 1 heterocycles. The molecular weight excluding hydrogens is 318 g/mol. The summed E-state index contributed by atoms with van der Waals surface area (Å²) in [6.07, 6.45) is 2.04. The third-order valence-corrected chi connectivity index (χ3v) is 5.15. The average molecular weight is 336 g/mol. The number of hydrogen-bond donors (Lipinski definition) is 0. The summed E-state index contributed by atoms with van der Waals surface area (Å²) in [4.78, 5) is 0. The number of furan rings is 1. The van der Waals surface area contributed by atoms with Crippen molar-refractivity contribution in [1.82, 2.24) is 0 Å². The topological polar surface area (TPSA) is 46.2 Å². The van der Waals surface area contributed by atoms with E-state index >= 15 is 0 Å². The molecule has 0 fully saturated rings. The highest BCUT2D eigenvalue weighted by Crippen LogP contribution is 2.35. The monoisotopic (exact) mass is 335 g/mol. The standard InChI is InChI=1S/C16H18BrNO2/c1-3-16(4-2,10-17)11-19-15-12-7-5-6-8-13(12)20-14(15)9-18/h5-8H,3-4,10-11H2,1-2H3. The van der Waals surface area contributed by atoms with Gasteiger partial charge in [-0.15, -0.1) is 0 Å². The summed E-state index contributed by atoms with van der Waals surface area (Å²) < 4.78 is 11.5. The highest BCUT2D eigenvalue weighted by Gasteiger charge is 2.27. The van der Waals surface area contributed by atoms with Gasteiger partial charge in [0.25, 0.3) is 0 Å². The minimum absolute atomic E-state index is 0.0884. The van der Waals surface area contributed by atoms with Gasteiger partial charge >= 0.3 is 0 Å². The van der Waals surface area contributed by atoms with E-state index in [1.807, 2.05) is 24.3 Å². The Morgan fingerprint density at radius 2 is 2.00 bits per heavy atom. The molecule has 0 unspecified atom stereocenters. The van der Waals surface area contributed by atoms with Gasteiger partial charge in [0.15, 0.2) is 5.75 Å². The molecule has 0 spiro atoms. The van der Waals surface area contributed by atoms with Gasteiger partial charge in [-0.2, -0.15) is 5.26 Å². The molecule has 0 bridgehead atoms. The van der Waals surface area contributed by atoms with Crippen LogP contribution in [0.2, 0.25) is 0 Å². The van der Waals surface area contributed by atoms with Crippen molar-refractivity contribution < 1.29 is 9.15 Å². The number of hydrogen-bond acceptors (Lipinski definition) is 3. The maximum absolute atomic E-state index is 9.19. The molecule has 2 rings (SSSR count). The van der Waals surface area contributed by atoms with E-state index in [9.17, 15) is 5.26 Å². The Hall–Kier alpha value is -1.47. The van der Waals surface area contributed by atoms with Gasteiger partial charge in [-0.3, -0.25) is 0 Å². The third kappa shape index (κ3) is 2.69. The lowest BCUT2D eigenvalue weighted by atomic mass is 9.86. The Morgan fingerprint density at radius 3 is 2.60 bits per heavy atom. The Bertz CT molecular complexity index is 615. The van der Waals surface area contributed by atoms with Crippen molar-refractivity contribution in [2.45, 2.75) is 26.7 Å². The molecule has 0 atom stereocenters. The maximum Gasteiger partial charge on any atom is 0.246 e. The van der Waals surface area contributed by atoms with Gasteiger partial charge in [0.1, 0.15) is 11.7 Å². The van der Waals surface area contributed by atoms with Crippen LogP contribution in [0.3, 0.4) is 0 Å². The molecule has 20 heavy (non-hydrogen) atoms. The summed E-state index contributed by atoms with van der Waals surface area (Å²) in [5.74, 6) is 0.817. The molecular formula is C16H18BrNO2. The number of para-hydroxylation sites is 1. The fourth-order valence-corrected chi connectivity index (χ4v) is 3.10. The van der Waals surface area contributed by atoms with Crippen LogP contribution in [-0.4, -0.2) is 11.9 Å². The van der Waals surface area contributed by atoms with Crippen molar-refractivity contribution in [1.29, 1.82) is 5.26 Å². The zero-order valence-electron chi connectivity index (χ0n) is 11.8. The molecule has 0 saturated heterocycles. The van der Waals surface area contributed by atoms with Crippen molar-refractivity contribution in [3.05, 3.63) is 30.0 Å². The molecule has 1 aromatic carbocycles. The quantitative estimate of drug-likeness (QED) is 0.706. The Kier molecular flexibility index (Phi) is 4.72. The Balaban J connectivity index is 2.32. The predicted molar refractivity (Wildman–Crippen MR) is 83.2 cm³/mol. The second-order valence-electron chi connectivity index (χ2n) is 5.00. The number of benzene rings is 1. The third-order valence-electron chi connectivity index (χ3n) is 3.96. The molecule has 0 aliphatic heterocycles. The highest BCUT2D eigenvalue weighted by atomic mass is 79.9. The lowest BCUT2D eigenvalue weighted by molar-refractivity contribution is 0.158. The van der Waals surface area contributed by atoms with E-state index in [0.29, 0.717) is 17.9 Å². The van der Waals surface area contributed by atoms with E-state index < -0.39 is 0 Å². The van der Waals surface area contributed by atoms with Crippen LogP contribution in [0.4, 0.5) is 0 Å². The molecule has 0 radical (unpaired) electrons. The van der Waals surface area contributed by atoms with Gasteiger partial charge in [0.05, 0.1) is 12.0 Å². The first-order chi connectivity index (χ1) is 9.69. The maximum atomic E-state index is 9.19. The average Bonchev–Trinajstić information content (AvgIpc) is 2.87. The first kappa shape index (κ1) is 14.9. The van der Waals surface area contributed by atoms with Crippen LogP contribution in [0.1, 0.15) is 32.4 Å². The summed E-state index contributed by atoms with van der Waals surface area (Å²) >= 11 is 3.57. The number of nitriles is 1. The van der Waals surface area contributed by atoms with Gasteiger partial charge < -0.3 is 9.15 Å². The first-order valence-electron chi connectivity index (χ1n) is 6.80. The predicted octanol–water partition coefficient (Wildman–Crippen LogP) is 4.88. The zero-order valence-corrected chi connectivity index (χ0v) is 13.4. The normalized spacial score (nSPS) is 11.5. The molecule has 0 aliphatic rings. The van der Waals surface area contributed by atoms with E-state index in [1.165, 1.54) is 0 Å². The van der Waals surface area contributed by atoms with Crippen LogP contribution in [0, 0.1) is 16.7 Å². The van der Waals surface area contributed by atoms with Crippen LogP contribution in [0.15, 0.2) is 28.7 Å². The summed E-state index contributed by atoms with van der Waals surface area (Å²) in [6, 6.07) is 9.65. The van der Waals surface area contributed by atoms with Gasteiger partial charge in [-0.1, -0.05) is 41.9 Å². The van der Waals surface area contributed by atoms with Crippen molar-refractivity contribution in [3.8, 4) is 11.8 Å². The zero-order chi connectivity index (χ0) is 14.6. The summed E-state index contributed by atoms with van der Waals surface area (Å²) in [7, 11) is 0. The van der Waals surface area contributed by atoms with Gasteiger partial charge in [-0.05, 0) is 25.0 Å². The van der Waals surface area contributed by atoms with Gasteiger partial charge in [-0.25, -0.2) is 0 Å². The van der Waals surface area contributed by atoms with Crippen molar-refractivity contribution in [2.75, 3.05) is 11.9 Å². The largest absolute Gasteiger partial charge is 0.488 e. The number of rotatable bonds is 6. The molecule has 106 valence electrons. The van der Waals surface area contributed by atoms with E-state index in [2.05, 4.69) is 35.8 Å². The second kappa shape index (κ2) is 6.32. The van der Waals surface area contributed by atoms with Crippen molar-refractivity contribution in [2.24, 2.45) is 5.41 Å². The molecule has 0 amide bonds. The van der Waals surface area contributed by atoms with Crippen LogP contribution < -0.4 is 4.74 Å². The molecule has 0 aliphatic carbocycles. The van der Waals surface area contributed by atoms with Gasteiger partial charge in [0.2, 0.25) is 5.76 Å². The van der Waals surface area contributed by atoms with Gasteiger partial charge in [0, 0.05) is 10.7 Å². The Morgan fingerprint density at radius 1 is 1.30 bits per heavy atom. The number of fused-ring (bicyclic) bond motifs is 1. The fourth-order valence-electron chi connectivity index (χ4n) is 2.15. The van der Waals surface area contributed by atoms with E-state index in [0.717, 1.165) is 23.6 Å². The van der Waals surface area contributed by atoms with Crippen molar-refractivity contribution >= 4 is 26.9 Å². The molecule has 1 aromatic heterocycles. The van der Waals surface area contributed by atoms with Crippen LogP contribution in [0.5, 0.6) is 5.75 Å². The van der Waals surface area contributed by atoms with E-state index in [4.69, 9.17) is 9.15 Å². The summed E-state index contributed by atoms with van der Waals surface area (Å²) in [5.41, 5.74) is 0.780. The minimum atomic E-state index is 0.0884. The SMILES string of the molecule is CCC(CC)(CBr)COc1c(C#N)oc2ccccc12. The van der Waals surface area contributed by atoms with E-state index in [-0.39, 0.29) is 11.2 Å². The molecule has 2 aromatic rings. The molecule has 0 N–H and O–H groups in total.